The third-order valence-electron chi connectivity index (χ3n) is 1.60. The van der Waals surface area contributed by atoms with Crippen molar-refractivity contribution < 1.29 is 4.79 Å². The molecule has 0 aliphatic rings. The smallest absolute Gasteiger partial charge is 0.261 e. The fourth-order valence-corrected chi connectivity index (χ4v) is 1.94. The minimum absolute atomic E-state index is 0.0146. The highest BCUT2D eigenvalue weighted by atomic mass is 32.1. The van der Waals surface area contributed by atoms with Gasteiger partial charge in [0, 0.05) is 10.9 Å². The number of amides is 1. The molecule has 0 bridgehead atoms. The van der Waals surface area contributed by atoms with Crippen molar-refractivity contribution >= 4 is 23.3 Å². The number of allylic oxidation sites excluding steroid dienone is 1. The summed E-state index contributed by atoms with van der Waals surface area (Å²) < 4.78 is 0. The summed E-state index contributed by atoms with van der Waals surface area (Å²) in [6.07, 6.45) is 3.97. The Labute approximate surface area is 88.6 Å². The van der Waals surface area contributed by atoms with E-state index in [1.54, 1.807) is 0 Å². The van der Waals surface area contributed by atoms with E-state index in [0.717, 1.165) is 9.75 Å². The Kier molecular flexibility index (Phi) is 3.89. The second-order valence-electron chi connectivity index (χ2n) is 3.33. The van der Waals surface area contributed by atoms with Crippen molar-refractivity contribution in [3.05, 3.63) is 28.0 Å². The molecule has 0 radical (unpaired) electrons. The number of thiophene rings is 1. The highest BCUT2D eigenvalue weighted by Gasteiger charge is 2.08. The van der Waals surface area contributed by atoms with E-state index < -0.39 is 0 Å². The standard InChI is InChI=1S/C11H15NOS/c1-4-5-9-6-7-10(14-9)11(13)12-8(2)3/h4-8H,1-3H3,(H,12,13)/b5-4+. The van der Waals surface area contributed by atoms with Gasteiger partial charge >= 0.3 is 0 Å². The number of rotatable bonds is 3. The van der Waals surface area contributed by atoms with E-state index in [2.05, 4.69) is 5.32 Å². The van der Waals surface area contributed by atoms with E-state index in [9.17, 15) is 4.79 Å². The minimum Gasteiger partial charge on any atom is -0.349 e. The SMILES string of the molecule is C/C=C/c1ccc(C(=O)NC(C)C)s1. The van der Waals surface area contributed by atoms with Crippen LogP contribution < -0.4 is 5.32 Å². The van der Waals surface area contributed by atoms with Gasteiger partial charge in [-0.15, -0.1) is 11.3 Å². The molecule has 76 valence electrons. The van der Waals surface area contributed by atoms with Gasteiger partial charge in [-0.2, -0.15) is 0 Å². The molecule has 0 aliphatic carbocycles. The van der Waals surface area contributed by atoms with Crippen LogP contribution in [0.3, 0.4) is 0 Å². The van der Waals surface area contributed by atoms with Crippen LogP contribution in [-0.4, -0.2) is 11.9 Å². The van der Waals surface area contributed by atoms with Crippen molar-refractivity contribution in [1.29, 1.82) is 0 Å². The molecule has 1 aromatic rings. The Morgan fingerprint density at radius 1 is 1.50 bits per heavy atom. The number of carbonyl (C=O) groups is 1. The van der Waals surface area contributed by atoms with Crippen molar-refractivity contribution in [2.75, 3.05) is 0 Å². The van der Waals surface area contributed by atoms with E-state index in [1.807, 2.05) is 45.1 Å². The molecular weight excluding hydrogens is 194 g/mol. The lowest BCUT2D eigenvalue weighted by Crippen LogP contribution is -2.29. The summed E-state index contributed by atoms with van der Waals surface area (Å²) >= 11 is 1.51. The van der Waals surface area contributed by atoms with Crippen LogP contribution in [0.4, 0.5) is 0 Å². The van der Waals surface area contributed by atoms with Gasteiger partial charge in [-0.05, 0) is 39.0 Å². The van der Waals surface area contributed by atoms with Crippen LogP contribution in [0, 0.1) is 0 Å². The highest BCUT2D eigenvalue weighted by Crippen LogP contribution is 2.17. The average Bonchev–Trinajstić information content (AvgIpc) is 2.52. The number of hydrogen-bond acceptors (Lipinski definition) is 2. The van der Waals surface area contributed by atoms with Gasteiger partial charge in [-0.25, -0.2) is 0 Å². The lowest BCUT2D eigenvalue weighted by molar-refractivity contribution is 0.0947. The second kappa shape index (κ2) is 4.96. The molecule has 1 aromatic heterocycles. The van der Waals surface area contributed by atoms with Crippen molar-refractivity contribution in [3.63, 3.8) is 0 Å². The fraction of sp³-hybridized carbons (Fsp3) is 0.364. The van der Waals surface area contributed by atoms with Crippen LogP contribution in [-0.2, 0) is 0 Å². The molecule has 2 nitrogen and oxygen atoms in total. The Hall–Kier alpha value is -1.09. The Bertz CT molecular complexity index is 339. The third-order valence-corrected chi connectivity index (χ3v) is 2.65. The zero-order chi connectivity index (χ0) is 10.6. The lowest BCUT2D eigenvalue weighted by Gasteiger charge is -2.05. The largest absolute Gasteiger partial charge is 0.349 e. The minimum atomic E-state index is 0.0146. The average molecular weight is 209 g/mol. The number of hydrogen-bond donors (Lipinski definition) is 1. The van der Waals surface area contributed by atoms with Crippen LogP contribution in [0.2, 0.25) is 0 Å². The first-order valence-electron chi connectivity index (χ1n) is 4.67. The van der Waals surface area contributed by atoms with E-state index in [-0.39, 0.29) is 11.9 Å². The topological polar surface area (TPSA) is 29.1 Å². The zero-order valence-corrected chi connectivity index (χ0v) is 9.52. The normalized spacial score (nSPS) is 11.1. The first-order chi connectivity index (χ1) is 6.63. The maximum atomic E-state index is 11.5. The van der Waals surface area contributed by atoms with E-state index in [4.69, 9.17) is 0 Å². The molecule has 0 saturated heterocycles. The van der Waals surface area contributed by atoms with Gasteiger partial charge in [-0.3, -0.25) is 4.79 Å². The monoisotopic (exact) mass is 209 g/mol. The van der Waals surface area contributed by atoms with Crippen LogP contribution in [0.1, 0.15) is 35.3 Å². The molecule has 1 rings (SSSR count). The van der Waals surface area contributed by atoms with E-state index >= 15 is 0 Å². The first-order valence-corrected chi connectivity index (χ1v) is 5.48. The lowest BCUT2D eigenvalue weighted by atomic mass is 10.3. The summed E-state index contributed by atoms with van der Waals surface area (Å²) in [5.41, 5.74) is 0. The van der Waals surface area contributed by atoms with Gasteiger partial charge in [0.2, 0.25) is 0 Å². The van der Waals surface area contributed by atoms with Gasteiger partial charge in [-0.1, -0.05) is 6.08 Å². The molecule has 0 aliphatic heterocycles. The first kappa shape index (κ1) is 11.0. The summed E-state index contributed by atoms with van der Waals surface area (Å²) in [6, 6.07) is 4.01. The van der Waals surface area contributed by atoms with Gasteiger partial charge in [0.25, 0.3) is 5.91 Å². The van der Waals surface area contributed by atoms with Gasteiger partial charge in [0.05, 0.1) is 4.88 Å². The Morgan fingerprint density at radius 3 is 2.79 bits per heavy atom. The van der Waals surface area contributed by atoms with Gasteiger partial charge < -0.3 is 5.32 Å². The quantitative estimate of drug-likeness (QED) is 0.814. The van der Waals surface area contributed by atoms with Crippen LogP contribution >= 0.6 is 11.3 Å². The summed E-state index contributed by atoms with van der Waals surface area (Å²) in [5, 5.41) is 2.86. The third kappa shape index (κ3) is 3.00. The Balaban J connectivity index is 2.71. The molecule has 1 amide bonds. The van der Waals surface area contributed by atoms with Gasteiger partial charge in [0.15, 0.2) is 0 Å². The fourth-order valence-electron chi connectivity index (χ4n) is 1.06. The maximum absolute atomic E-state index is 11.5. The van der Waals surface area contributed by atoms with Crippen molar-refractivity contribution in [2.45, 2.75) is 26.8 Å². The summed E-state index contributed by atoms with van der Waals surface area (Å²) in [4.78, 5) is 13.4. The van der Waals surface area contributed by atoms with Crippen molar-refractivity contribution in [3.8, 4) is 0 Å². The number of nitrogens with one attached hydrogen (secondary N) is 1. The molecule has 1 N–H and O–H groups in total. The van der Waals surface area contributed by atoms with E-state index in [1.165, 1.54) is 11.3 Å². The van der Waals surface area contributed by atoms with Crippen LogP contribution in [0.5, 0.6) is 0 Å². The van der Waals surface area contributed by atoms with Crippen LogP contribution in [0.15, 0.2) is 18.2 Å². The molecule has 0 fully saturated rings. The van der Waals surface area contributed by atoms with Crippen LogP contribution in [0.25, 0.3) is 6.08 Å². The molecule has 0 aromatic carbocycles. The van der Waals surface area contributed by atoms with Crippen molar-refractivity contribution in [2.24, 2.45) is 0 Å². The number of carbonyl (C=O) groups excluding carboxylic acids is 1. The second-order valence-corrected chi connectivity index (χ2v) is 4.45. The summed E-state index contributed by atoms with van der Waals surface area (Å²) in [6.45, 7) is 5.88. The Morgan fingerprint density at radius 2 is 2.21 bits per heavy atom. The summed E-state index contributed by atoms with van der Waals surface area (Å²) in [5.74, 6) is 0.0146. The van der Waals surface area contributed by atoms with Crippen molar-refractivity contribution in [1.82, 2.24) is 5.32 Å². The maximum Gasteiger partial charge on any atom is 0.261 e. The molecule has 0 saturated carbocycles. The summed E-state index contributed by atoms with van der Waals surface area (Å²) in [7, 11) is 0. The molecule has 1 heterocycles. The molecule has 14 heavy (non-hydrogen) atoms. The van der Waals surface area contributed by atoms with Gasteiger partial charge in [0.1, 0.15) is 0 Å². The zero-order valence-electron chi connectivity index (χ0n) is 8.70. The predicted molar refractivity (Wildman–Crippen MR) is 61.6 cm³/mol. The molecule has 0 spiro atoms. The van der Waals surface area contributed by atoms with E-state index in [0.29, 0.717) is 0 Å². The molecule has 0 atom stereocenters. The molecular formula is C11H15NOS. The molecule has 3 heteroatoms. The highest BCUT2D eigenvalue weighted by molar-refractivity contribution is 7.14. The molecule has 0 unspecified atom stereocenters. The predicted octanol–water partition coefficient (Wildman–Crippen LogP) is 2.92.